The van der Waals surface area contributed by atoms with Crippen LogP contribution in [-0.2, 0) is 4.79 Å². The molecule has 214 valence electrons. The van der Waals surface area contributed by atoms with Crippen molar-refractivity contribution in [3.63, 3.8) is 0 Å². The number of hydrogen-bond donors (Lipinski definition) is 3. The Morgan fingerprint density at radius 1 is 1.10 bits per heavy atom. The predicted molar refractivity (Wildman–Crippen MR) is 144 cm³/mol. The first-order valence-corrected chi connectivity index (χ1v) is 12.4. The molecule has 0 saturated carbocycles. The van der Waals surface area contributed by atoms with Crippen molar-refractivity contribution in [1.82, 2.24) is 25.1 Å². The number of nitrogens with one attached hydrogen (secondary N) is 2. The molecule has 0 radical (unpaired) electrons. The van der Waals surface area contributed by atoms with Gasteiger partial charge in [-0.05, 0) is 73.7 Å². The van der Waals surface area contributed by atoms with Gasteiger partial charge in [-0.1, -0.05) is 28.9 Å². The summed E-state index contributed by atoms with van der Waals surface area (Å²) in [5, 5.41) is 15.3. The van der Waals surface area contributed by atoms with Gasteiger partial charge in [-0.2, -0.15) is 13.2 Å². The highest BCUT2D eigenvalue weighted by Crippen LogP contribution is 2.45. The summed E-state index contributed by atoms with van der Waals surface area (Å²) in [5.74, 6) is -1.80. The molecule has 5 rings (SSSR count). The maximum absolute atomic E-state index is 14.4. The van der Waals surface area contributed by atoms with Crippen LogP contribution in [0.3, 0.4) is 0 Å². The van der Waals surface area contributed by atoms with Crippen LogP contribution in [0.1, 0.15) is 35.5 Å². The first-order chi connectivity index (χ1) is 19.3. The number of aromatic amines is 1. The number of aliphatic carboxylic acids is 1. The molecule has 2 aromatic carbocycles. The van der Waals surface area contributed by atoms with E-state index in [1.807, 2.05) is 39.8 Å². The molecule has 0 bridgehead atoms. The molecule has 3 aromatic heterocycles. The van der Waals surface area contributed by atoms with Crippen LogP contribution in [0.2, 0.25) is 5.02 Å². The number of carboxylic acid groups (broad SMARTS) is 1. The minimum Gasteiger partial charge on any atom is -0.475 e. The van der Waals surface area contributed by atoms with Gasteiger partial charge in [-0.25, -0.2) is 24.1 Å². The first kappa shape index (κ1) is 29.5. The monoisotopic (exact) mass is 590 g/mol. The fourth-order valence-corrected chi connectivity index (χ4v) is 4.59. The minimum absolute atomic E-state index is 0.253. The number of halogens is 5. The maximum Gasteiger partial charge on any atom is 0.490 e. The number of imidazole rings is 1. The number of aryl methyl sites for hydroxylation is 2. The average Bonchev–Trinajstić information content (AvgIpc) is 3.52. The number of carboxylic acids is 1. The van der Waals surface area contributed by atoms with Crippen molar-refractivity contribution >= 4 is 34.6 Å². The lowest BCUT2D eigenvalue weighted by molar-refractivity contribution is -0.192. The lowest BCUT2D eigenvalue weighted by Crippen LogP contribution is -2.21. The van der Waals surface area contributed by atoms with Crippen molar-refractivity contribution in [3.05, 3.63) is 76.4 Å². The normalized spacial score (nSPS) is 12.1. The summed E-state index contributed by atoms with van der Waals surface area (Å²) in [6.07, 6.45) is -2.05. The molecule has 0 aliphatic carbocycles. The van der Waals surface area contributed by atoms with E-state index >= 15 is 0 Å². The SMILES string of the molecule is Cc1noc(C)c1-c1c(C)c(Cl)cc(C(C)Nc2ncnc3nc[nH]c23)c1-c1cccc(F)c1.O=C(O)C(F)(F)F. The molecule has 3 N–H and O–H groups in total. The molecule has 0 aliphatic rings. The molecule has 41 heavy (non-hydrogen) atoms. The van der Waals surface area contributed by atoms with Gasteiger partial charge in [0.25, 0.3) is 0 Å². The van der Waals surface area contributed by atoms with Crippen molar-refractivity contribution in [3.8, 4) is 22.3 Å². The van der Waals surface area contributed by atoms with Crippen LogP contribution in [0.4, 0.5) is 23.4 Å². The number of rotatable bonds is 5. The molecule has 9 nitrogen and oxygen atoms in total. The van der Waals surface area contributed by atoms with Gasteiger partial charge in [-0.15, -0.1) is 0 Å². The smallest absolute Gasteiger partial charge is 0.475 e. The van der Waals surface area contributed by atoms with Crippen LogP contribution < -0.4 is 5.32 Å². The summed E-state index contributed by atoms with van der Waals surface area (Å²) in [5.41, 5.74) is 7.05. The third-order valence-electron chi connectivity index (χ3n) is 6.24. The summed E-state index contributed by atoms with van der Waals surface area (Å²) in [6.45, 7) is 7.71. The Bertz CT molecular complexity index is 1710. The summed E-state index contributed by atoms with van der Waals surface area (Å²) in [4.78, 5) is 24.7. The average molecular weight is 591 g/mol. The number of H-pyrrole nitrogens is 1. The van der Waals surface area contributed by atoms with Gasteiger partial charge in [-0.3, -0.25) is 0 Å². The summed E-state index contributed by atoms with van der Waals surface area (Å²) >= 11 is 6.76. The number of alkyl halides is 3. The highest BCUT2D eigenvalue weighted by Gasteiger charge is 2.38. The van der Waals surface area contributed by atoms with E-state index in [1.165, 1.54) is 18.5 Å². The van der Waals surface area contributed by atoms with E-state index in [0.717, 1.165) is 39.1 Å². The lowest BCUT2D eigenvalue weighted by Gasteiger charge is -2.24. The van der Waals surface area contributed by atoms with E-state index in [4.69, 9.17) is 26.0 Å². The molecular formula is C27H23ClF4N6O3. The van der Waals surface area contributed by atoms with Gasteiger partial charge in [0.15, 0.2) is 11.5 Å². The number of aromatic nitrogens is 5. The first-order valence-electron chi connectivity index (χ1n) is 12.0. The van der Waals surface area contributed by atoms with E-state index in [0.29, 0.717) is 27.8 Å². The molecule has 3 heterocycles. The molecule has 0 saturated heterocycles. The van der Waals surface area contributed by atoms with E-state index in [9.17, 15) is 17.6 Å². The second-order valence-corrected chi connectivity index (χ2v) is 9.43. The van der Waals surface area contributed by atoms with E-state index in [1.54, 1.807) is 12.4 Å². The van der Waals surface area contributed by atoms with Crippen molar-refractivity contribution in [2.75, 3.05) is 5.32 Å². The van der Waals surface area contributed by atoms with Gasteiger partial charge in [0.05, 0.1) is 18.1 Å². The zero-order valence-electron chi connectivity index (χ0n) is 22.1. The molecule has 0 aliphatic heterocycles. The van der Waals surface area contributed by atoms with Crippen LogP contribution >= 0.6 is 11.6 Å². The van der Waals surface area contributed by atoms with Gasteiger partial charge >= 0.3 is 12.1 Å². The molecule has 14 heteroatoms. The van der Waals surface area contributed by atoms with E-state index in [2.05, 4.69) is 30.4 Å². The van der Waals surface area contributed by atoms with Crippen LogP contribution in [-0.4, -0.2) is 42.3 Å². The Morgan fingerprint density at radius 2 is 1.80 bits per heavy atom. The van der Waals surface area contributed by atoms with Crippen molar-refractivity contribution < 1.29 is 32.0 Å². The Labute approximate surface area is 235 Å². The number of carbonyl (C=O) groups is 1. The van der Waals surface area contributed by atoms with Crippen molar-refractivity contribution in [2.45, 2.75) is 39.9 Å². The van der Waals surface area contributed by atoms with Crippen molar-refractivity contribution in [1.29, 1.82) is 0 Å². The zero-order valence-corrected chi connectivity index (χ0v) is 22.8. The Kier molecular flexibility index (Phi) is 8.29. The molecule has 1 atom stereocenters. The Balaban J connectivity index is 0.000000493. The Hall–Kier alpha value is -4.52. The van der Waals surface area contributed by atoms with Crippen molar-refractivity contribution in [2.24, 2.45) is 0 Å². The zero-order chi connectivity index (χ0) is 30.1. The predicted octanol–water partition coefficient (Wildman–Crippen LogP) is 7.20. The highest BCUT2D eigenvalue weighted by atomic mass is 35.5. The molecular weight excluding hydrogens is 568 g/mol. The lowest BCUT2D eigenvalue weighted by atomic mass is 9.84. The maximum atomic E-state index is 14.4. The summed E-state index contributed by atoms with van der Waals surface area (Å²) in [7, 11) is 0. The number of fused-ring (bicyclic) bond motifs is 1. The second kappa shape index (κ2) is 11.5. The molecule has 0 amide bonds. The van der Waals surface area contributed by atoms with Crippen LogP contribution in [0.15, 0.2) is 47.5 Å². The fourth-order valence-electron chi connectivity index (χ4n) is 4.37. The number of nitrogens with zero attached hydrogens (tertiary/aromatic N) is 4. The second-order valence-electron chi connectivity index (χ2n) is 9.02. The number of anilines is 1. The summed E-state index contributed by atoms with van der Waals surface area (Å²) < 4.78 is 51.6. The molecule has 0 fully saturated rings. The van der Waals surface area contributed by atoms with Gasteiger partial charge in [0, 0.05) is 10.6 Å². The molecule has 1 unspecified atom stereocenters. The van der Waals surface area contributed by atoms with Crippen LogP contribution in [0, 0.1) is 26.6 Å². The highest BCUT2D eigenvalue weighted by molar-refractivity contribution is 6.32. The van der Waals surface area contributed by atoms with Gasteiger partial charge in [0.1, 0.15) is 23.4 Å². The van der Waals surface area contributed by atoms with E-state index < -0.39 is 12.1 Å². The van der Waals surface area contributed by atoms with Crippen LogP contribution in [0.25, 0.3) is 33.4 Å². The number of benzene rings is 2. The fraction of sp³-hybridized carbons (Fsp3) is 0.222. The standard InChI is InChI=1S/C25H22ClFN6O.C2HF3O2/c1-12-19(26)9-18(13(2)32-25-23-24(29-10-28-23)30-11-31-25)22(16-6-5-7-17(27)8-16)20(12)21-14(3)33-34-15(21)4;3-2(4,5)1(6)7/h5-11,13H,1-4H3,(H2,28,29,30,31,32);(H,6,7). The quantitative estimate of drug-likeness (QED) is 0.183. The third kappa shape index (κ3) is 6.14. The van der Waals surface area contributed by atoms with Crippen LogP contribution in [0.5, 0.6) is 0 Å². The largest absolute Gasteiger partial charge is 0.490 e. The molecule has 5 aromatic rings. The van der Waals surface area contributed by atoms with Gasteiger partial charge in [0.2, 0.25) is 0 Å². The van der Waals surface area contributed by atoms with Gasteiger partial charge < -0.3 is 19.9 Å². The minimum atomic E-state index is -5.08. The van der Waals surface area contributed by atoms with E-state index in [-0.39, 0.29) is 11.9 Å². The molecule has 0 spiro atoms. The topological polar surface area (TPSA) is 130 Å². The Morgan fingerprint density at radius 3 is 2.41 bits per heavy atom. The number of hydrogen-bond acceptors (Lipinski definition) is 7. The third-order valence-corrected chi connectivity index (χ3v) is 6.63. The summed E-state index contributed by atoms with van der Waals surface area (Å²) in [6, 6.07) is 8.21.